The minimum atomic E-state index is -0.244. The van der Waals surface area contributed by atoms with Crippen LogP contribution in [0.4, 0.5) is 4.39 Å². The lowest BCUT2D eigenvalue weighted by atomic mass is 10.1. The van der Waals surface area contributed by atoms with Gasteiger partial charge in [-0.1, -0.05) is 12.1 Å². The summed E-state index contributed by atoms with van der Waals surface area (Å²) in [6, 6.07) is 4.83. The van der Waals surface area contributed by atoms with Crippen LogP contribution in [0.1, 0.15) is 12.5 Å². The molecule has 0 heterocycles. The third-order valence-corrected chi connectivity index (χ3v) is 2.56. The van der Waals surface area contributed by atoms with E-state index < -0.39 is 0 Å². The average Bonchev–Trinajstić information content (AvgIpc) is 2.03. The van der Waals surface area contributed by atoms with Gasteiger partial charge in [0.1, 0.15) is 11.6 Å². The highest BCUT2D eigenvalue weighted by molar-refractivity contribution is 7.98. The zero-order valence-electron chi connectivity index (χ0n) is 7.63. The van der Waals surface area contributed by atoms with Gasteiger partial charge in [-0.2, -0.15) is 0 Å². The normalized spacial score (nSPS) is 10.1. The van der Waals surface area contributed by atoms with Crippen LogP contribution in [0.5, 0.6) is 0 Å². The summed E-state index contributed by atoms with van der Waals surface area (Å²) in [6.45, 7) is 1.51. The van der Waals surface area contributed by atoms with E-state index in [1.165, 1.54) is 24.8 Å². The van der Waals surface area contributed by atoms with E-state index in [4.69, 9.17) is 0 Å². The molecule has 0 fully saturated rings. The van der Waals surface area contributed by atoms with Crippen molar-refractivity contribution in [3.05, 3.63) is 29.6 Å². The van der Waals surface area contributed by atoms with Gasteiger partial charge in [0, 0.05) is 11.3 Å². The minimum absolute atomic E-state index is 0.0564. The average molecular weight is 198 g/mol. The topological polar surface area (TPSA) is 17.1 Å². The molecule has 0 bridgehead atoms. The third-order valence-electron chi connectivity index (χ3n) is 1.69. The summed E-state index contributed by atoms with van der Waals surface area (Å²) in [5, 5.41) is 0. The molecule has 0 radical (unpaired) electrons. The molecule has 0 saturated carbocycles. The maximum Gasteiger partial charge on any atom is 0.137 e. The van der Waals surface area contributed by atoms with Gasteiger partial charge in [0.25, 0.3) is 0 Å². The molecule has 0 aliphatic heterocycles. The quantitative estimate of drug-likeness (QED) is 0.694. The summed E-state index contributed by atoms with van der Waals surface area (Å²) >= 11 is 1.34. The zero-order chi connectivity index (χ0) is 9.84. The zero-order valence-corrected chi connectivity index (χ0v) is 8.45. The molecule has 0 spiro atoms. The Morgan fingerprint density at radius 2 is 2.23 bits per heavy atom. The lowest BCUT2D eigenvalue weighted by Gasteiger charge is -2.05. The Kier molecular flexibility index (Phi) is 3.48. The van der Waals surface area contributed by atoms with Gasteiger partial charge in [-0.05, 0) is 24.8 Å². The highest BCUT2D eigenvalue weighted by Crippen LogP contribution is 2.24. The summed E-state index contributed by atoms with van der Waals surface area (Å²) in [4.78, 5) is 11.4. The van der Waals surface area contributed by atoms with Crippen LogP contribution >= 0.6 is 11.8 Å². The van der Waals surface area contributed by atoms with Crippen molar-refractivity contribution in [2.75, 3.05) is 6.26 Å². The predicted molar refractivity (Wildman–Crippen MR) is 52.6 cm³/mol. The van der Waals surface area contributed by atoms with E-state index in [9.17, 15) is 9.18 Å². The first kappa shape index (κ1) is 10.3. The van der Waals surface area contributed by atoms with E-state index >= 15 is 0 Å². The van der Waals surface area contributed by atoms with Crippen LogP contribution in [0.2, 0.25) is 0 Å². The van der Waals surface area contributed by atoms with Crippen LogP contribution in [0.15, 0.2) is 23.1 Å². The van der Waals surface area contributed by atoms with E-state index in [2.05, 4.69) is 0 Å². The molecule has 1 aromatic rings. The standard InChI is InChI=1S/C10H11FOS/c1-7(12)6-8-4-3-5-9(11)10(8)13-2/h3-5H,6H2,1-2H3. The molecule has 0 unspecified atom stereocenters. The summed E-state index contributed by atoms with van der Waals surface area (Å²) < 4.78 is 13.2. The van der Waals surface area contributed by atoms with Crippen molar-refractivity contribution in [2.45, 2.75) is 18.2 Å². The fourth-order valence-corrected chi connectivity index (χ4v) is 1.85. The third kappa shape index (κ3) is 2.56. The molecule has 1 rings (SSSR count). The summed E-state index contributed by atoms with van der Waals surface area (Å²) in [5.74, 6) is -0.188. The maximum atomic E-state index is 13.2. The number of carbonyl (C=O) groups excluding carboxylic acids is 1. The van der Waals surface area contributed by atoms with Gasteiger partial charge in [-0.15, -0.1) is 11.8 Å². The van der Waals surface area contributed by atoms with Crippen LogP contribution in [0.3, 0.4) is 0 Å². The number of ketones is 1. The Bertz CT molecular complexity index is 323. The van der Waals surface area contributed by atoms with Crippen molar-refractivity contribution in [3.8, 4) is 0 Å². The molecule has 0 amide bonds. The minimum Gasteiger partial charge on any atom is -0.300 e. The van der Waals surface area contributed by atoms with Crippen LogP contribution in [-0.4, -0.2) is 12.0 Å². The highest BCUT2D eigenvalue weighted by Gasteiger charge is 2.08. The van der Waals surface area contributed by atoms with E-state index in [1.54, 1.807) is 12.1 Å². The first-order valence-electron chi connectivity index (χ1n) is 3.96. The number of rotatable bonds is 3. The predicted octanol–water partition coefficient (Wildman–Crippen LogP) is 2.68. The van der Waals surface area contributed by atoms with Gasteiger partial charge in [0.2, 0.25) is 0 Å². The van der Waals surface area contributed by atoms with Crippen LogP contribution in [-0.2, 0) is 11.2 Å². The van der Waals surface area contributed by atoms with Gasteiger partial charge in [0.05, 0.1) is 0 Å². The number of hydrogen-bond acceptors (Lipinski definition) is 2. The van der Waals surface area contributed by atoms with Gasteiger partial charge < -0.3 is 0 Å². The number of halogens is 1. The molecule has 0 aliphatic carbocycles. The van der Waals surface area contributed by atoms with E-state index in [0.717, 1.165) is 5.56 Å². The van der Waals surface area contributed by atoms with Crippen molar-refractivity contribution in [3.63, 3.8) is 0 Å². The number of thioether (sulfide) groups is 1. The molecular weight excluding hydrogens is 187 g/mol. The lowest BCUT2D eigenvalue weighted by molar-refractivity contribution is -0.116. The second kappa shape index (κ2) is 4.42. The van der Waals surface area contributed by atoms with Crippen molar-refractivity contribution >= 4 is 17.5 Å². The molecule has 0 atom stereocenters. The van der Waals surface area contributed by atoms with Crippen molar-refractivity contribution in [2.24, 2.45) is 0 Å². The number of carbonyl (C=O) groups is 1. The van der Waals surface area contributed by atoms with Crippen LogP contribution < -0.4 is 0 Å². The lowest BCUT2D eigenvalue weighted by Crippen LogP contribution is -1.99. The Morgan fingerprint density at radius 1 is 1.54 bits per heavy atom. The second-order valence-electron chi connectivity index (χ2n) is 2.81. The molecule has 0 aliphatic rings. The second-order valence-corrected chi connectivity index (χ2v) is 3.63. The summed E-state index contributed by atoms with van der Waals surface area (Å²) in [7, 11) is 0. The fourth-order valence-electron chi connectivity index (χ4n) is 1.19. The molecule has 0 N–H and O–H groups in total. The van der Waals surface area contributed by atoms with E-state index in [-0.39, 0.29) is 11.6 Å². The maximum absolute atomic E-state index is 13.2. The SMILES string of the molecule is CSc1c(F)cccc1CC(C)=O. The Hall–Kier alpha value is -0.830. The molecule has 1 aromatic carbocycles. The first-order valence-corrected chi connectivity index (χ1v) is 5.18. The molecular formula is C10H11FOS. The monoisotopic (exact) mass is 198 g/mol. The smallest absolute Gasteiger partial charge is 0.137 e. The van der Waals surface area contributed by atoms with Crippen LogP contribution in [0, 0.1) is 5.82 Å². The van der Waals surface area contributed by atoms with Crippen molar-refractivity contribution in [1.82, 2.24) is 0 Å². The number of hydrogen-bond donors (Lipinski definition) is 0. The Morgan fingerprint density at radius 3 is 2.77 bits per heavy atom. The summed E-state index contributed by atoms with van der Waals surface area (Å²) in [5.41, 5.74) is 0.778. The van der Waals surface area contributed by atoms with Crippen molar-refractivity contribution < 1.29 is 9.18 Å². The largest absolute Gasteiger partial charge is 0.300 e. The van der Waals surface area contributed by atoms with E-state index in [0.29, 0.717) is 11.3 Å². The van der Waals surface area contributed by atoms with E-state index in [1.807, 2.05) is 6.26 Å². The highest BCUT2D eigenvalue weighted by atomic mass is 32.2. The molecule has 0 aromatic heterocycles. The van der Waals surface area contributed by atoms with Gasteiger partial charge in [-0.25, -0.2) is 4.39 Å². The number of benzene rings is 1. The van der Waals surface area contributed by atoms with Gasteiger partial charge >= 0.3 is 0 Å². The number of Topliss-reactive ketones (excluding diaryl/α,β-unsaturated/α-hetero) is 1. The van der Waals surface area contributed by atoms with Gasteiger partial charge in [-0.3, -0.25) is 4.79 Å². The molecule has 70 valence electrons. The van der Waals surface area contributed by atoms with Gasteiger partial charge in [0.15, 0.2) is 0 Å². The Balaban J connectivity index is 3.05. The Labute approximate surface area is 81.3 Å². The fraction of sp³-hybridized carbons (Fsp3) is 0.300. The molecule has 1 nitrogen and oxygen atoms in total. The molecule has 3 heteroatoms. The first-order chi connectivity index (χ1) is 6.15. The molecule has 0 saturated heterocycles. The summed E-state index contributed by atoms with van der Waals surface area (Å²) in [6.07, 6.45) is 2.12. The van der Waals surface area contributed by atoms with Crippen molar-refractivity contribution in [1.29, 1.82) is 0 Å². The van der Waals surface area contributed by atoms with Crippen LogP contribution in [0.25, 0.3) is 0 Å². The molecule has 13 heavy (non-hydrogen) atoms.